The maximum atomic E-state index is 6.46. The molecule has 0 aliphatic carbocycles. The molecule has 0 bridgehead atoms. The van der Waals surface area contributed by atoms with Crippen LogP contribution in [0.25, 0.3) is 0 Å². The van der Waals surface area contributed by atoms with Crippen LogP contribution < -0.4 is 4.74 Å². The number of ether oxygens (including phenoxy) is 1. The molecule has 1 atom stereocenters. The van der Waals surface area contributed by atoms with Gasteiger partial charge in [-0.25, -0.2) is 0 Å². The molecule has 0 spiro atoms. The van der Waals surface area contributed by atoms with Crippen molar-refractivity contribution in [2.75, 3.05) is 20.1 Å². The van der Waals surface area contributed by atoms with Gasteiger partial charge in [-0.05, 0) is 51.6 Å². The van der Waals surface area contributed by atoms with Gasteiger partial charge in [-0.2, -0.15) is 0 Å². The Morgan fingerprint density at radius 3 is 2.37 bits per heavy atom. The second kappa shape index (κ2) is 8.44. The molecule has 1 rings (SSSR count). The lowest BCUT2D eigenvalue weighted by Crippen LogP contribution is -2.23. The zero-order valence-electron chi connectivity index (χ0n) is 12.5. The van der Waals surface area contributed by atoms with Gasteiger partial charge >= 0.3 is 0 Å². The first kappa shape index (κ1) is 16.3. The first-order chi connectivity index (χ1) is 9.02. The standard InChI is InChI=1S/C16H26ClNO/c1-5-6-11-18(4)12-16(17)14-7-9-15(10-8-14)19-13(2)3/h7-10,13,16H,5-6,11-12H2,1-4H3. The monoisotopic (exact) mass is 283 g/mol. The van der Waals surface area contributed by atoms with Crippen molar-refractivity contribution >= 4 is 11.6 Å². The molecule has 0 N–H and O–H groups in total. The smallest absolute Gasteiger partial charge is 0.119 e. The molecular weight excluding hydrogens is 258 g/mol. The molecule has 0 amide bonds. The fourth-order valence-corrected chi connectivity index (χ4v) is 2.31. The minimum Gasteiger partial charge on any atom is -0.491 e. The molecule has 1 unspecified atom stereocenters. The van der Waals surface area contributed by atoms with E-state index in [9.17, 15) is 0 Å². The van der Waals surface area contributed by atoms with Crippen molar-refractivity contribution in [2.45, 2.75) is 45.1 Å². The molecule has 0 aliphatic rings. The van der Waals surface area contributed by atoms with Crippen molar-refractivity contribution in [2.24, 2.45) is 0 Å². The molecule has 0 saturated heterocycles. The minimum absolute atomic E-state index is 0.0370. The second-order valence-electron chi connectivity index (χ2n) is 5.32. The summed E-state index contributed by atoms with van der Waals surface area (Å²) in [5, 5.41) is 0.0370. The zero-order chi connectivity index (χ0) is 14.3. The van der Waals surface area contributed by atoms with E-state index in [0.29, 0.717) is 0 Å². The van der Waals surface area contributed by atoms with E-state index in [1.165, 1.54) is 12.8 Å². The van der Waals surface area contributed by atoms with Gasteiger partial charge in [0.2, 0.25) is 0 Å². The van der Waals surface area contributed by atoms with Gasteiger partial charge in [0.25, 0.3) is 0 Å². The molecule has 0 aliphatic heterocycles. The lowest BCUT2D eigenvalue weighted by molar-refractivity contribution is 0.242. The minimum atomic E-state index is 0.0370. The number of unbranched alkanes of at least 4 members (excludes halogenated alkanes) is 1. The number of nitrogens with zero attached hydrogens (tertiary/aromatic N) is 1. The maximum Gasteiger partial charge on any atom is 0.119 e. The lowest BCUT2D eigenvalue weighted by atomic mass is 10.1. The number of halogens is 1. The van der Waals surface area contributed by atoms with Crippen LogP contribution in [0.3, 0.4) is 0 Å². The van der Waals surface area contributed by atoms with Crippen molar-refractivity contribution in [3.63, 3.8) is 0 Å². The molecule has 0 radical (unpaired) electrons. The summed E-state index contributed by atoms with van der Waals surface area (Å²) in [6.07, 6.45) is 2.65. The third-order valence-electron chi connectivity index (χ3n) is 2.98. The SMILES string of the molecule is CCCCN(C)CC(Cl)c1ccc(OC(C)C)cc1. The summed E-state index contributed by atoms with van der Waals surface area (Å²) in [7, 11) is 2.13. The topological polar surface area (TPSA) is 12.5 Å². The molecule has 2 nitrogen and oxygen atoms in total. The summed E-state index contributed by atoms with van der Waals surface area (Å²) < 4.78 is 5.63. The van der Waals surface area contributed by atoms with Crippen LogP contribution in [0.15, 0.2) is 24.3 Å². The third kappa shape index (κ3) is 6.31. The van der Waals surface area contributed by atoms with Crippen LogP contribution in [0.5, 0.6) is 5.75 Å². The van der Waals surface area contributed by atoms with Crippen molar-refractivity contribution in [3.05, 3.63) is 29.8 Å². The quantitative estimate of drug-likeness (QED) is 0.652. The maximum absolute atomic E-state index is 6.46. The van der Waals surface area contributed by atoms with Crippen LogP contribution in [0.4, 0.5) is 0 Å². The van der Waals surface area contributed by atoms with E-state index in [4.69, 9.17) is 16.3 Å². The zero-order valence-corrected chi connectivity index (χ0v) is 13.3. The normalized spacial score (nSPS) is 13.0. The lowest BCUT2D eigenvalue weighted by Gasteiger charge is -2.20. The predicted molar refractivity (Wildman–Crippen MR) is 83.2 cm³/mol. The van der Waals surface area contributed by atoms with E-state index in [0.717, 1.165) is 24.4 Å². The van der Waals surface area contributed by atoms with E-state index in [-0.39, 0.29) is 11.5 Å². The first-order valence-corrected chi connectivity index (χ1v) is 7.55. The molecule has 19 heavy (non-hydrogen) atoms. The summed E-state index contributed by atoms with van der Waals surface area (Å²) in [4.78, 5) is 2.29. The Morgan fingerprint density at radius 2 is 1.84 bits per heavy atom. The van der Waals surface area contributed by atoms with Crippen molar-refractivity contribution in [1.82, 2.24) is 4.90 Å². The number of rotatable bonds is 8. The summed E-state index contributed by atoms with van der Waals surface area (Å²) in [6.45, 7) is 8.25. The van der Waals surface area contributed by atoms with Crippen LogP contribution in [0, 0.1) is 0 Å². The summed E-state index contributed by atoms with van der Waals surface area (Å²) >= 11 is 6.46. The van der Waals surface area contributed by atoms with Gasteiger partial charge in [0.15, 0.2) is 0 Å². The van der Waals surface area contributed by atoms with Crippen molar-refractivity contribution < 1.29 is 4.74 Å². The average molecular weight is 284 g/mol. The van der Waals surface area contributed by atoms with Crippen molar-refractivity contribution in [1.29, 1.82) is 0 Å². The molecule has 3 heteroatoms. The fourth-order valence-electron chi connectivity index (χ4n) is 1.93. The molecule has 0 heterocycles. The highest BCUT2D eigenvalue weighted by atomic mass is 35.5. The second-order valence-corrected chi connectivity index (χ2v) is 5.85. The molecule has 108 valence electrons. The van der Waals surface area contributed by atoms with Crippen LogP contribution in [-0.4, -0.2) is 31.1 Å². The first-order valence-electron chi connectivity index (χ1n) is 7.12. The number of alkyl halides is 1. The van der Waals surface area contributed by atoms with Crippen LogP contribution >= 0.6 is 11.6 Å². The fraction of sp³-hybridized carbons (Fsp3) is 0.625. The van der Waals surface area contributed by atoms with Gasteiger partial charge in [0.1, 0.15) is 5.75 Å². The number of hydrogen-bond acceptors (Lipinski definition) is 2. The van der Waals surface area contributed by atoms with Gasteiger partial charge in [-0.3, -0.25) is 0 Å². The highest BCUT2D eigenvalue weighted by molar-refractivity contribution is 6.21. The van der Waals surface area contributed by atoms with E-state index < -0.39 is 0 Å². The highest BCUT2D eigenvalue weighted by Crippen LogP contribution is 2.24. The molecular formula is C16H26ClNO. The number of likely N-dealkylation sites (N-methyl/N-ethyl adjacent to an activating group) is 1. The Balaban J connectivity index is 2.50. The Hall–Kier alpha value is -0.730. The van der Waals surface area contributed by atoms with Gasteiger partial charge in [-0.1, -0.05) is 25.5 Å². The summed E-state index contributed by atoms with van der Waals surface area (Å²) in [5.41, 5.74) is 1.15. The van der Waals surface area contributed by atoms with Gasteiger partial charge in [-0.15, -0.1) is 11.6 Å². The van der Waals surface area contributed by atoms with Crippen LogP contribution in [-0.2, 0) is 0 Å². The molecule has 1 aromatic carbocycles. The molecule has 0 fully saturated rings. The van der Waals surface area contributed by atoms with Crippen LogP contribution in [0.1, 0.15) is 44.6 Å². The van der Waals surface area contributed by atoms with Crippen LogP contribution in [0.2, 0.25) is 0 Å². The largest absolute Gasteiger partial charge is 0.491 e. The predicted octanol–water partition coefficient (Wildman–Crippen LogP) is 4.49. The molecule has 1 aromatic rings. The van der Waals surface area contributed by atoms with Gasteiger partial charge in [0.05, 0.1) is 11.5 Å². The van der Waals surface area contributed by atoms with E-state index >= 15 is 0 Å². The Bertz CT molecular complexity index is 350. The van der Waals surface area contributed by atoms with Crippen molar-refractivity contribution in [3.8, 4) is 5.75 Å². The highest BCUT2D eigenvalue weighted by Gasteiger charge is 2.11. The van der Waals surface area contributed by atoms with Gasteiger partial charge < -0.3 is 9.64 Å². The Morgan fingerprint density at radius 1 is 1.21 bits per heavy atom. The molecule has 0 saturated carbocycles. The van der Waals surface area contributed by atoms with E-state index in [2.05, 4.69) is 31.0 Å². The molecule has 0 aromatic heterocycles. The van der Waals surface area contributed by atoms with Gasteiger partial charge in [0, 0.05) is 6.54 Å². The Kier molecular flexibility index (Phi) is 7.25. The Labute approximate surface area is 122 Å². The summed E-state index contributed by atoms with van der Waals surface area (Å²) in [5.74, 6) is 0.905. The number of hydrogen-bond donors (Lipinski definition) is 0. The van der Waals surface area contributed by atoms with E-state index in [1.807, 2.05) is 26.0 Å². The summed E-state index contributed by atoms with van der Waals surface area (Å²) in [6, 6.07) is 8.11. The number of benzene rings is 1. The van der Waals surface area contributed by atoms with E-state index in [1.54, 1.807) is 0 Å². The average Bonchev–Trinajstić information content (AvgIpc) is 2.36. The third-order valence-corrected chi connectivity index (χ3v) is 3.37.